The van der Waals surface area contributed by atoms with E-state index in [1.807, 2.05) is 12.5 Å². The number of benzene rings is 1. The van der Waals surface area contributed by atoms with Crippen molar-refractivity contribution in [3.8, 4) is 5.75 Å². The maximum atomic E-state index is 5.92. The Bertz CT molecular complexity index is 555. The average molecular weight is 242 g/mol. The largest absolute Gasteiger partial charge is 0.487 e. The summed E-state index contributed by atoms with van der Waals surface area (Å²) in [7, 11) is 0. The molecule has 94 valence electrons. The Morgan fingerprint density at radius 3 is 2.94 bits per heavy atom. The molecule has 1 aromatic carbocycles. The van der Waals surface area contributed by atoms with E-state index in [0.29, 0.717) is 12.6 Å². The fraction of sp³-hybridized carbons (Fsp3) is 0.400. The minimum Gasteiger partial charge on any atom is -0.487 e. The van der Waals surface area contributed by atoms with E-state index >= 15 is 0 Å². The second-order valence-electron chi connectivity index (χ2n) is 5.08. The molecule has 0 spiro atoms. The zero-order valence-electron chi connectivity index (χ0n) is 10.9. The molecule has 18 heavy (non-hydrogen) atoms. The molecule has 0 amide bonds. The van der Waals surface area contributed by atoms with Crippen molar-refractivity contribution in [1.82, 2.24) is 9.55 Å². The molecule has 2 aromatic rings. The molecule has 1 aromatic heterocycles. The number of rotatable bonds is 4. The number of nitrogens with zero attached hydrogens (tertiary/aromatic N) is 2. The van der Waals surface area contributed by atoms with Crippen LogP contribution in [0.5, 0.6) is 5.75 Å². The van der Waals surface area contributed by atoms with Crippen molar-refractivity contribution in [2.24, 2.45) is 0 Å². The van der Waals surface area contributed by atoms with Gasteiger partial charge in [-0.05, 0) is 43.9 Å². The van der Waals surface area contributed by atoms with E-state index in [1.165, 1.54) is 29.7 Å². The first-order valence-electron chi connectivity index (χ1n) is 6.45. The van der Waals surface area contributed by atoms with Crippen LogP contribution in [-0.2, 0) is 6.61 Å². The van der Waals surface area contributed by atoms with Crippen LogP contribution in [0.4, 0.5) is 0 Å². The first kappa shape index (κ1) is 11.3. The molecule has 0 radical (unpaired) electrons. The van der Waals surface area contributed by atoms with E-state index in [2.05, 4.69) is 41.6 Å². The van der Waals surface area contributed by atoms with Crippen molar-refractivity contribution in [3.63, 3.8) is 0 Å². The van der Waals surface area contributed by atoms with Gasteiger partial charge < -0.3 is 9.30 Å². The number of hydrogen-bond acceptors (Lipinski definition) is 2. The van der Waals surface area contributed by atoms with E-state index in [-0.39, 0.29) is 0 Å². The van der Waals surface area contributed by atoms with E-state index in [0.717, 1.165) is 5.75 Å². The standard InChI is InChI=1S/C15H18N2O/c1-11-3-4-12(2)15(7-11)18-9-14-8-16-10-17(14)13-5-6-13/h3-4,7-8,10,13H,5-6,9H2,1-2H3. The van der Waals surface area contributed by atoms with Crippen molar-refractivity contribution in [2.75, 3.05) is 0 Å². The molecule has 1 saturated carbocycles. The molecular weight excluding hydrogens is 224 g/mol. The fourth-order valence-electron chi connectivity index (χ4n) is 2.14. The molecule has 0 atom stereocenters. The Labute approximate surface area is 107 Å². The third-order valence-electron chi connectivity index (χ3n) is 3.41. The Kier molecular flexibility index (Phi) is 2.82. The van der Waals surface area contributed by atoms with Crippen LogP contribution in [0, 0.1) is 13.8 Å². The zero-order chi connectivity index (χ0) is 12.5. The van der Waals surface area contributed by atoms with Crippen LogP contribution in [0.2, 0.25) is 0 Å². The molecule has 3 nitrogen and oxygen atoms in total. The van der Waals surface area contributed by atoms with Crippen LogP contribution >= 0.6 is 0 Å². The normalized spacial score (nSPS) is 14.8. The van der Waals surface area contributed by atoms with Gasteiger partial charge >= 0.3 is 0 Å². The topological polar surface area (TPSA) is 27.1 Å². The van der Waals surface area contributed by atoms with Crippen LogP contribution in [0.1, 0.15) is 35.7 Å². The highest BCUT2D eigenvalue weighted by molar-refractivity contribution is 5.36. The first-order valence-corrected chi connectivity index (χ1v) is 6.45. The molecule has 0 N–H and O–H groups in total. The molecular formula is C15H18N2O. The molecule has 1 heterocycles. The predicted octanol–water partition coefficient (Wildman–Crippen LogP) is 3.41. The Morgan fingerprint density at radius 1 is 1.33 bits per heavy atom. The number of hydrogen-bond donors (Lipinski definition) is 0. The lowest BCUT2D eigenvalue weighted by Gasteiger charge is -2.11. The van der Waals surface area contributed by atoms with Crippen molar-refractivity contribution >= 4 is 0 Å². The quantitative estimate of drug-likeness (QED) is 0.821. The van der Waals surface area contributed by atoms with Gasteiger partial charge in [0, 0.05) is 6.04 Å². The highest BCUT2D eigenvalue weighted by Gasteiger charge is 2.25. The Balaban J connectivity index is 1.73. The zero-order valence-corrected chi connectivity index (χ0v) is 10.9. The van der Waals surface area contributed by atoms with Gasteiger partial charge in [-0.15, -0.1) is 0 Å². The molecule has 0 unspecified atom stereocenters. The summed E-state index contributed by atoms with van der Waals surface area (Å²) in [6.45, 7) is 4.76. The number of aryl methyl sites for hydroxylation is 2. The van der Waals surface area contributed by atoms with Crippen LogP contribution in [0.15, 0.2) is 30.7 Å². The van der Waals surface area contributed by atoms with E-state index in [1.54, 1.807) is 0 Å². The molecule has 3 heteroatoms. The molecule has 1 aliphatic carbocycles. The van der Waals surface area contributed by atoms with Gasteiger partial charge in [-0.1, -0.05) is 12.1 Å². The van der Waals surface area contributed by atoms with Gasteiger partial charge in [0.25, 0.3) is 0 Å². The maximum absolute atomic E-state index is 5.92. The summed E-state index contributed by atoms with van der Waals surface area (Å²) in [6, 6.07) is 6.96. The number of imidazole rings is 1. The number of ether oxygens (including phenoxy) is 1. The summed E-state index contributed by atoms with van der Waals surface area (Å²) in [5, 5.41) is 0. The van der Waals surface area contributed by atoms with Crippen LogP contribution < -0.4 is 4.74 Å². The second-order valence-corrected chi connectivity index (χ2v) is 5.08. The minimum absolute atomic E-state index is 0.598. The molecule has 3 rings (SSSR count). The van der Waals surface area contributed by atoms with Crippen molar-refractivity contribution in [3.05, 3.63) is 47.5 Å². The van der Waals surface area contributed by atoms with Gasteiger partial charge in [-0.2, -0.15) is 0 Å². The lowest BCUT2D eigenvalue weighted by molar-refractivity contribution is 0.292. The summed E-state index contributed by atoms with van der Waals surface area (Å²) < 4.78 is 8.16. The summed E-state index contributed by atoms with van der Waals surface area (Å²) in [6.07, 6.45) is 6.36. The third-order valence-corrected chi connectivity index (χ3v) is 3.41. The first-order chi connectivity index (χ1) is 8.74. The van der Waals surface area contributed by atoms with Crippen LogP contribution in [0.3, 0.4) is 0 Å². The Morgan fingerprint density at radius 2 is 2.17 bits per heavy atom. The van der Waals surface area contributed by atoms with Gasteiger partial charge in [0.05, 0.1) is 18.2 Å². The van der Waals surface area contributed by atoms with Crippen molar-refractivity contribution < 1.29 is 4.74 Å². The van der Waals surface area contributed by atoms with Gasteiger partial charge in [0.15, 0.2) is 0 Å². The van der Waals surface area contributed by atoms with Gasteiger partial charge in [0.2, 0.25) is 0 Å². The summed E-state index contributed by atoms with van der Waals surface area (Å²) >= 11 is 0. The monoisotopic (exact) mass is 242 g/mol. The summed E-state index contributed by atoms with van der Waals surface area (Å²) in [4.78, 5) is 4.22. The lowest BCUT2D eigenvalue weighted by atomic mass is 10.1. The third kappa shape index (κ3) is 2.26. The molecule has 0 bridgehead atoms. The molecule has 1 fully saturated rings. The van der Waals surface area contributed by atoms with Gasteiger partial charge in [-0.25, -0.2) is 4.98 Å². The summed E-state index contributed by atoms with van der Waals surface area (Å²) in [5.74, 6) is 0.971. The van der Waals surface area contributed by atoms with E-state index in [4.69, 9.17) is 4.74 Å². The number of aromatic nitrogens is 2. The minimum atomic E-state index is 0.598. The maximum Gasteiger partial charge on any atom is 0.130 e. The lowest BCUT2D eigenvalue weighted by Crippen LogP contribution is -2.04. The summed E-state index contributed by atoms with van der Waals surface area (Å²) in [5.41, 5.74) is 3.57. The van der Waals surface area contributed by atoms with E-state index < -0.39 is 0 Å². The highest BCUT2D eigenvalue weighted by Crippen LogP contribution is 2.35. The van der Waals surface area contributed by atoms with Crippen LogP contribution in [-0.4, -0.2) is 9.55 Å². The SMILES string of the molecule is Cc1ccc(C)c(OCc2cncn2C2CC2)c1. The van der Waals surface area contributed by atoms with Crippen molar-refractivity contribution in [2.45, 2.75) is 39.3 Å². The predicted molar refractivity (Wildman–Crippen MR) is 70.7 cm³/mol. The highest BCUT2D eigenvalue weighted by atomic mass is 16.5. The smallest absolute Gasteiger partial charge is 0.130 e. The van der Waals surface area contributed by atoms with Gasteiger partial charge in [-0.3, -0.25) is 0 Å². The fourth-order valence-corrected chi connectivity index (χ4v) is 2.14. The second kappa shape index (κ2) is 4.48. The average Bonchev–Trinajstić information content (AvgIpc) is 3.10. The Hall–Kier alpha value is -1.77. The molecule has 0 aliphatic heterocycles. The molecule has 1 aliphatic rings. The van der Waals surface area contributed by atoms with Crippen molar-refractivity contribution in [1.29, 1.82) is 0 Å². The van der Waals surface area contributed by atoms with Crippen LogP contribution in [0.25, 0.3) is 0 Å². The van der Waals surface area contributed by atoms with Gasteiger partial charge in [0.1, 0.15) is 12.4 Å². The molecule has 0 saturated heterocycles. The van der Waals surface area contributed by atoms with E-state index in [9.17, 15) is 0 Å².